The number of para-hydroxylation sites is 1. The van der Waals surface area contributed by atoms with Gasteiger partial charge in [-0.2, -0.15) is 4.31 Å². The lowest BCUT2D eigenvalue weighted by Gasteiger charge is -2.35. The first-order valence-corrected chi connectivity index (χ1v) is 24.1. The minimum atomic E-state index is -4.38. The number of aromatic nitrogens is 2. The summed E-state index contributed by atoms with van der Waals surface area (Å²) < 4.78 is 57.4. The summed E-state index contributed by atoms with van der Waals surface area (Å²) in [5.74, 6) is -2.97. The number of benzene rings is 1. The number of carbonyl (C=O) groups is 4. The number of carbonyl (C=O) groups excluding carboxylic acids is 4. The maximum atomic E-state index is 14.9. The smallest absolute Gasteiger partial charge is 0.315 e. The van der Waals surface area contributed by atoms with Gasteiger partial charge in [-0.1, -0.05) is 79.2 Å². The molecule has 1 aliphatic heterocycles. The number of nitrogens with one attached hydrogen (secondary N) is 5. The van der Waals surface area contributed by atoms with Gasteiger partial charge in [0, 0.05) is 55.3 Å². The van der Waals surface area contributed by atoms with Crippen molar-refractivity contribution in [1.82, 2.24) is 39.8 Å². The van der Waals surface area contributed by atoms with Crippen molar-refractivity contribution in [3.8, 4) is 0 Å². The molecule has 3 heterocycles. The van der Waals surface area contributed by atoms with Crippen LogP contribution in [0.1, 0.15) is 80.6 Å². The largest absolute Gasteiger partial charge is 0.360 e. The summed E-state index contributed by atoms with van der Waals surface area (Å²) in [4.78, 5) is 66.0. The van der Waals surface area contributed by atoms with E-state index in [2.05, 4.69) is 51.1 Å². The molecular formula is C44H60N8O8S2. The topological polar surface area (TPSA) is 220 Å². The second-order valence-electron chi connectivity index (χ2n) is 19.7. The van der Waals surface area contributed by atoms with Crippen LogP contribution in [0.15, 0.2) is 77.4 Å². The van der Waals surface area contributed by atoms with Crippen LogP contribution in [0.5, 0.6) is 0 Å². The molecule has 3 saturated carbocycles. The van der Waals surface area contributed by atoms with E-state index in [4.69, 9.17) is 0 Å². The Morgan fingerprint density at radius 3 is 2.27 bits per heavy atom. The molecule has 62 heavy (non-hydrogen) atoms. The fourth-order valence-electron chi connectivity index (χ4n) is 10.5. The maximum Gasteiger partial charge on any atom is 0.315 e. The first-order valence-electron chi connectivity index (χ1n) is 21.2. The summed E-state index contributed by atoms with van der Waals surface area (Å²) in [5, 5.41) is 9.21. The molecule has 7 rings (SSSR count). The second kappa shape index (κ2) is 15.5. The molecule has 3 aromatic rings. The average molecular weight is 893 g/mol. The third-order valence-electron chi connectivity index (χ3n) is 14.8. The zero-order valence-corrected chi connectivity index (χ0v) is 38.4. The molecule has 0 radical (unpaired) electrons. The Morgan fingerprint density at radius 2 is 1.71 bits per heavy atom. The molecule has 2 aromatic heterocycles. The Labute approximate surface area is 364 Å². The molecular weight excluding hydrogens is 833 g/mol. The van der Waals surface area contributed by atoms with Crippen molar-refractivity contribution in [3.05, 3.63) is 67.5 Å². The van der Waals surface area contributed by atoms with E-state index in [1.807, 2.05) is 20.8 Å². The summed E-state index contributed by atoms with van der Waals surface area (Å²) in [6.07, 6.45) is 7.91. The summed E-state index contributed by atoms with van der Waals surface area (Å²) >= 11 is 0. The Bertz CT molecular complexity index is 2510. The zero-order chi connectivity index (χ0) is 45.4. The minimum Gasteiger partial charge on any atom is -0.360 e. The molecule has 1 saturated heterocycles. The van der Waals surface area contributed by atoms with E-state index in [1.165, 1.54) is 31.5 Å². The fourth-order valence-corrected chi connectivity index (χ4v) is 12.9. The first-order chi connectivity index (χ1) is 28.9. The van der Waals surface area contributed by atoms with Crippen LogP contribution in [0.25, 0.3) is 10.9 Å². The predicted molar refractivity (Wildman–Crippen MR) is 233 cm³/mol. The van der Waals surface area contributed by atoms with Crippen LogP contribution in [0.4, 0.5) is 4.79 Å². The maximum absolute atomic E-state index is 14.9. The highest BCUT2D eigenvalue weighted by atomic mass is 32.2. The lowest BCUT2D eigenvalue weighted by Crippen LogP contribution is -2.60. The van der Waals surface area contributed by atoms with Crippen molar-refractivity contribution < 1.29 is 36.0 Å². The number of rotatable bonds is 14. The molecule has 18 heteroatoms. The third kappa shape index (κ3) is 7.28. The van der Waals surface area contributed by atoms with Gasteiger partial charge in [0.15, 0.2) is 5.03 Å². The summed E-state index contributed by atoms with van der Waals surface area (Å²) in [6.45, 7) is 17.6. The molecule has 3 aliphatic carbocycles. The van der Waals surface area contributed by atoms with Crippen molar-refractivity contribution in [2.45, 2.75) is 114 Å². The molecule has 16 nitrogen and oxygen atoms in total. The second-order valence-corrected chi connectivity index (χ2v) is 23.3. The number of sulfonamides is 2. The van der Waals surface area contributed by atoms with Gasteiger partial charge in [-0.25, -0.2) is 31.3 Å². The number of fused-ring (bicyclic) bond motifs is 2. The van der Waals surface area contributed by atoms with Crippen molar-refractivity contribution in [3.63, 3.8) is 0 Å². The Hall–Kier alpha value is -4.81. The highest BCUT2D eigenvalue weighted by Gasteiger charge is 2.85. The van der Waals surface area contributed by atoms with Gasteiger partial charge in [-0.15, -0.1) is 6.58 Å². The molecule has 336 valence electrons. The normalized spacial score (nSPS) is 25.9. The highest BCUT2D eigenvalue weighted by Crippen LogP contribution is 2.88. The quantitative estimate of drug-likeness (QED) is 0.146. The van der Waals surface area contributed by atoms with Crippen LogP contribution < -0.4 is 20.7 Å². The van der Waals surface area contributed by atoms with Crippen LogP contribution in [0.3, 0.4) is 0 Å². The number of amides is 5. The summed E-state index contributed by atoms with van der Waals surface area (Å²) in [6, 6.07) is 7.53. The van der Waals surface area contributed by atoms with E-state index < -0.39 is 90.1 Å². The first kappa shape index (κ1) is 45.2. The summed E-state index contributed by atoms with van der Waals surface area (Å²) in [5.41, 5.74) is -2.57. The van der Waals surface area contributed by atoms with Crippen molar-refractivity contribution in [2.24, 2.45) is 33.5 Å². The van der Waals surface area contributed by atoms with Gasteiger partial charge in [0.2, 0.25) is 11.8 Å². The molecule has 0 bridgehead atoms. The van der Waals surface area contributed by atoms with E-state index >= 15 is 0 Å². The van der Waals surface area contributed by atoms with E-state index in [9.17, 15) is 36.0 Å². The number of H-pyrrole nitrogens is 1. The van der Waals surface area contributed by atoms with Gasteiger partial charge in [0.1, 0.15) is 22.5 Å². The van der Waals surface area contributed by atoms with Crippen LogP contribution in [0, 0.1) is 33.5 Å². The molecule has 6 atom stereocenters. The van der Waals surface area contributed by atoms with Crippen LogP contribution in [0.2, 0.25) is 0 Å². The molecule has 2 unspecified atom stereocenters. The predicted octanol–water partition coefficient (Wildman–Crippen LogP) is 4.29. The number of likely N-dealkylation sites (tertiary alicyclic amines) is 1. The lowest BCUT2D eigenvalue weighted by atomic mass is 9.73. The Kier molecular flexibility index (Phi) is 11.3. The monoisotopic (exact) mass is 892 g/mol. The number of pyridine rings is 1. The molecule has 5 amide bonds. The van der Waals surface area contributed by atoms with Crippen LogP contribution in [-0.4, -0.2) is 104 Å². The standard InChI is InChI=1S/C44H60N8O8S2/c1-10-29-23-44(29,38(55)50-61(57,58)31-16-13-15-28-18-22-46-35(28)31)49-36(53)30-24-43(41(7,8)42(43)19-14-20-42)26-52(30)37(54)34(27(2)3)48-39(56)47-32(40(4,5)6)25-51(9)62(59,60)33-17-11-12-21-45-33/h10-13,15-18,21-22,27,29-30,32,34,46H,1,14,19-20,23-26H2,2-9H3,(H,49,53)(H,50,55)(H2,47,48,56)/t29-,30+,32-,34?,43?,44-/m1/s1. The van der Waals surface area contributed by atoms with E-state index in [0.29, 0.717) is 17.3 Å². The van der Waals surface area contributed by atoms with Crippen molar-refractivity contribution in [2.75, 3.05) is 20.1 Å². The van der Waals surface area contributed by atoms with Crippen LogP contribution >= 0.6 is 0 Å². The average Bonchev–Trinajstić information content (AvgIpc) is 3.70. The number of hydrogen-bond donors (Lipinski definition) is 5. The minimum absolute atomic E-state index is 0.0710. The zero-order valence-electron chi connectivity index (χ0n) is 36.7. The molecule has 1 aromatic carbocycles. The van der Waals surface area contributed by atoms with E-state index in [1.54, 1.807) is 55.3 Å². The Morgan fingerprint density at radius 1 is 1.00 bits per heavy atom. The van der Waals surface area contributed by atoms with Gasteiger partial charge < -0.3 is 25.8 Å². The molecule has 5 N–H and O–H groups in total. The SMILES string of the molecule is C=C[C@@H]1C[C@]1(NC(=O)[C@@H]1CC2(CN1C(=O)C(NC(=O)N[C@H](CN(C)S(=O)(=O)c1ccccn1)C(C)(C)C)C(C)C)C(C)(C)C21CCC1)C(=O)NS(=O)(=O)c1cccc2cc[nH]c12. The number of nitrogens with zero attached hydrogens (tertiary/aromatic N) is 3. The van der Waals surface area contributed by atoms with E-state index in [-0.39, 0.29) is 40.3 Å². The van der Waals surface area contributed by atoms with Crippen molar-refractivity contribution >= 4 is 54.7 Å². The van der Waals surface area contributed by atoms with Gasteiger partial charge in [0.25, 0.3) is 26.0 Å². The number of aromatic amines is 1. The van der Waals surface area contributed by atoms with Gasteiger partial charge in [-0.05, 0) is 72.1 Å². The van der Waals surface area contributed by atoms with E-state index in [0.717, 1.165) is 23.6 Å². The van der Waals surface area contributed by atoms with Gasteiger partial charge >= 0.3 is 6.03 Å². The molecule has 4 aliphatic rings. The highest BCUT2D eigenvalue weighted by molar-refractivity contribution is 7.90. The lowest BCUT2D eigenvalue weighted by molar-refractivity contribution is -0.141. The fraction of sp³-hybridized carbons (Fsp3) is 0.568. The Balaban J connectivity index is 1.12. The number of hydrogen-bond acceptors (Lipinski definition) is 9. The summed E-state index contributed by atoms with van der Waals surface area (Å²) in [7, 11) is -6.95. The molecule has 4 fully saturated rings. The van der Waals surface area contributed by atoms with Crippen LogP contribution in [-0.2, 0) is 34.4 Å². The molecule has 2 spiro atoms. The van der Waals surface area contributed by atoms with Gasteiger partial charge in [-0.3, -0.25) is 14.4 Å². The third-order valence-corrected chi connectivity index (χ3v) is 17.9. The van der Waals surface area contributed by atoms with Crippen molar-refractivity contribution in [1.29, 1.82) is 0 Å². The number of urea groups is 1. The number of likely N-dealkylation sites (N-methyl/N-ethyl adjacent to an activating group) is 1. The van der Waals surface area contributed by atoms with Gasteiger partial charge in [0.05, 0.1) is 5.52 Å².